The van der Waals surface area contributed by atoms with E-state index in [0.717, 1.165) is 49.3 Å². The van der Waals surface area contributed by atoms with Gasteiger partial charge in [0, 0.05) is 32.8 Å². The molecule has 0 radical (unpaired) electrons. The minimum Gasteiger partial charge on any atom is -0.309 e. The molecule has 0 saturated carbocycles. The van der Waals surface area contributed by atoms with E-state index in [-0.39, 0.29) is 0 Å². The standard InChI is InChI=1S/C53H32N4/c1-2-16-37-32-38(25-24-33(37)12-1)51-54-52(44-23-11-17-34-13-3-6-18-39(34)44)56-53(55-51)45-28-31-46(43-22-10-9-21-42(43)45)57-47-29-26-35-14-4-7-19-40(35)49(47)50-41-20-8-5-15-36(41)27-30-48(50)57/h1-32H. The second-order valence-corrected chi connectivity index (χ2v) is 14.8. The van der Waals surface area contributed by atoms with Crippen molar-refractivity contribution in [3.05, 3.63) is 194 Å². The molecule has 12 aromatic rings. The summed E-state index contributed by atoms with van der Waals surface area (Å²) in [5.74, 6) is 1.93. The van der Waals surface area contributed by atoms with E-state index < -0.39 is 0 Å². The van der Waals surface area contributed by atoms with Crippen molar-refractivity contribution >= 4 is 75.7 Å². The summed E-state index contributed by atoms with van der Waals surface area (Å²) in [6.07, 6.45) is 0. The zero-order valence-electron chi connectivity index (χ0n) is 30.8. The van der Waals surface area contributed by atoms with Crippen LogP contribution in [-0.4, -0.2) is 19.5 Å². The Morgan fingerprint density at radius 3 is 1.44 bits per heavy atom. The molecule has 12 rings (SSSR count). The summed E-state index contributed by atoms with van der Waals surface area (Å²) in [4.78, 5) is 15.7. The summed E-state index contributed by atoms with van der Waals surface area (Å²) in [5, 5.41) is 14.3. The largest absolute Gasteiger partial charge is 0.309 e. The van der Waals surface area contributed by atoms with Crippen LogP contribution >= 0.6 is 0 Å². The van der Waals surface area contributed by atoms with Gasteiger partial charge in [-0.3, -0.25) is 0 Å². The van der Waals surface area contributed by atoms with Crippen LogP contribution < -0.4 is 0 Å². The van der Waals surface area contributed by atoms with E-state index >= 15 is 0 Å². The summed E-state index contributed by atoms with van der Waals surface area (Å²) in [6, 6.07) is 69.3. The molecule has 0 aliphatic carbocycles. The molecule has 0 unspecified atom stereocenters. The maximum Gasteiger partial charge on any atom is 0.164 e. The van der Waals surface area contributed by atoms with Gasteiger partial charge in [0.15, 0.2) is 17.5 Å². The third-order valence-electron chi connectivity index (χ3n) is 11.6. The summed E-state index contributed by atoms with van der Waals surface area (Å²) in [5.41, 5.74) is 6.34. The van der Waals surface area contributed by atoms with Crippen LogP contribution in [0.5, 0.6) is 0 Å². The Hall–Kier alpha value is -7.69. The maximum absolute atomic E-state index is 5.29. The van der Waals surface area contributed by atoms with Crippen molar-refractivity contribution in [1.29, 1.82) is 0 Å². The van der Waals surface area contributed by atoms with Crippen LogP contribution in [0.15, 0.2) is 194 Å². The van der Waals surface area contributed by atoms with Crippen LogP contribution in [0.2, 0.25) is 0 Å². The average Bonchev–Trinajstić information content (AvgIpc) is 3.63. The second kappa shape index (κ2) is 12.4. The summed E-state index contributed by atoms with van der Waals surface area (Å²) in [6.45, 7) is 0. The highest BCUT2D eigenvalue weighted by molar-refractivity contribution is 6.29. The van der Waals surface area contributed by atoms with Crippen molar-refractivity contribution in [2.24, 2.45) is 0 Å². The number of aromatic nitrogens is 4. The van der Waals surface area contributed by atoms with E-state index in [4.69, 9.17) is 15.0 Å². The number of benzene rings is 10. The van der Waals surface area contributed by atoms with Crippen molar-refractivity contribution < 1.29 is 0 Å². The lowest BCUT2D eigenvalue weighted by atomic mass is 10.00. The van der Waals surface area contributed by atoms with E-state index in [1.807, 2.05) is 0 Å². The molecule has 0 aliphatic heterocycles. The van der Waals surface area contributed by atoms with Crippen LogP contribution in [0.3, 0.4) is 0 Å². The molecule has 0 spiro atoms. The fraction of sp³-hybridized carbons (Fsp3) is 0. The first-order chi connectivity index (χ1) is 28.3. The molecular formula is C53H32N4. The van der Waals surface area contributed by atoms with E-state index in [2.05, 4.69) is 199 Å². The smallest absolute Gasteiger partial charge is 0.164 e. The molecule has 10 aromatic carbocycles. The molecule has 0 saturated heterocycles. The fourth-order valence-corrected chi connectivity index (χ4v) is 8.98. The normalized spacial score (nSPS) is 11.9. The minimum absolute atomic E-state index is 0.637. The third kappa shape index (κ3) is 4.91. The maximum atomic E-state index is 5.29. The summed E-state index contributed by atoms with van der Waals surface area (Å²) in [7, 11) is 0. The van der Waals surface area contributed by atoms with Crippen LogP contribution in [0, 0.1) is 0 Å². The lowest BCUT2D eigenvalue weighted by molar-refractivity contribution is 1.08. The first-order valence-corrected chi connectivity index (χ1v) is 19.4. The Kier molecular flexibility index (Phi) is 6.89. The zero-order chi connectivity index (χ0) is 37.5. The Labute approximate surface area is 328 Å². The SMILES string of the molecule is c1ccc2cc(-c3nc(-c4cccc5ccccc45)nc(-c4ccc(-n5c6ccc7ccccc7c6c6c7ccccc7ccc65)c5ccccc45)n3)ccc2c1. The first-order valence-electron chi connectivity index (χ1n) is 19.4. The second-order valence-electron chi connectivity index (χ2n) is 14.8. The molecule has 0 fully saturated rings. The molecule has 2 heterocycles. The van der Waals surface area contributed by atoms with Gasteiger partial charge in [0.05, 0.1) is 16.7 Å². The van der Waals surface area contributed by atoms with Crippen molar-refractivity contribution in [2.75, 3.05) is 0 Å². The molecule has 57 heavy (non-hydrogen) atoms. The van der Waals surface area contributed by atoms with Gasteiger partial charge in [-0.25, -0.2) is 15.0 Å². The molecule has 0 aliphatic rings. The van der Waals surface area contributed by atoms with Crippen molar-refractivity contribution in [1.82, 2.24) is 19.5 Å². The lowest BCUT2D eigenvalue weighted by Crippen LogP contribution is -2.02. The van der Waals surface area contributed by atoms with Gasteiger partial charge in [-0.2, -0.15) is 0 Å². The molecule has 0 N–H and O–H groups in total. The van der Waals surface area contributed by atoms with Crippen molar-refractivity contribution in [2.45, 2.75) is 0 Å². The summed E-state index contributed by atoms with van der Waals surface area (Å²) >= 11 is 0. The van der Waals surface area contributed by atoms with E-state index in [9.17, 15) is 0 Å². The highest BCUT2D eigenvalue weighted by atomic mass is 15.0. The van der Waals surface area contributed by atoms with Gasteiger partial charge in [-0.15, -0.1) is 0 Å². The first kappa shape index (κ1) is 31.6. The number of hydrogen-bond acceptors (Lipinski definition) is 3. The Morgan fingerprint density at radius 2 is 0.772 bits per heavy atom. The number of hydrogen-bond donors (Lipinski definition) is 0. The molecule has 2 aromatic heterocycles. The van der Waals surface area contributed by atoms with Gasteiger partial charge in [0.1, 0.15) is 0 Å². The Morgan fingerprint density at radius 1 is 0.298 bits per heavy atom. The van der Waals surface area contributed by atoms with E-state index in [1.165, 1.54) is 48.7 Å². The monoisotopic (exact) mass is 724 g/mol. The molecule has 0 amide bonds. The third-order valence-corrected chi connectivity index (χ3v) is 11.6. The van der Waals surface area contributed by atoms with Crippen LogP contribution in [0.25, 0.3) is 116 Å². The number of rotatable bonds is 4. The van der Waals surface area contributed by atoms with Crippen LogP contribution in [-0.2, 0) is 0 Å². The van der Waals surface area contributed by atoms with Gasteiger partial charge < -0.3 is 4.57 Å². The number of nitrogens with zero attached hydrogens (tertiary/aromatic N) is 4. The van der Waals surface area contributed by atoms with Crippen molar-refractivity contribution in [3.8, 4) is 39.9 Å². The predicted octanol–water partition coefficient (Wildman–Crippen LogP) is 13.7. The topological polar surface area (TPSA) is 43.6 Å². The average molecular weight is 725 g/mol. The van der Waals surface area contributed by atoms with E-state index in [1.54, 1.807) is 0 Å². The van der Waals surface area contributed by atoms with Gasteiger partial charge >= 0.3 is 0 Å². The van der Waals surface area contributed by atoms with Gasteiger partial charge in [-0.05, 0) is 78.8 Å². The molecule has 0 atom stereocenters. The van der Waals surface area contributed by atoms with Crippen molar-refractivity contribution in [3.63, 3.8) is 0 Å². The van der Waals surface area contributed by atoms with Gasteiger partial charge in [-0.1, -0.05) is 164 Å². The molecular weight excluding hydrogens is 693 g/mol. The summed E-state index contributed by atoms with van der Waals surface area (Å²) < 4.78 is 2.45. The molecule has 4 heteroatoms. The minimum atomic E-state index is 0.637. The Bertz CT molecular complexity index is 3500. The van der Waals surface area contributed by atoms with Gasteiger partial charge in [0.2, 0.25) is 0 Å². The quantitative estimate of drug-likeness (QED) is 0.181. The van der Waals surface area contributed by atoms with Crippen LogP contribution in [0.4, 0.5) is 0 Å². The Balaban J connectivity index is 1.13. The van der Waals surface area contributed by atoms with E-state index in [0.29, 0.717) is 17.5 Å². The predicted molar refractivity (Wildman–Crippen MR) is 238 cm³/mol. The molecule has 4 nitrogen and oxygen atoms in total. The van der Waals surface area contributed by atoms with Gasteiger partial charge in [0.25, 0.3) is 0 Å². The number of fused-ring (bicyclic) bond motifs is 10. The molecule has 264 valence electrons. The highest BCUT2D eigenvalue weighted by Gasteiger charge is 2.21. The molecule has 0 bridgehead atoms. The highest BCUT2D eigenvalue weighted by Crippen LogP contribution is 2.43. The zero-order valence-corrected chi connectivity index (χ0v) is 30.8. The van der Waals surface area contributed by atoms with Crippen LogP contribution in [0.1, 0.15) is 0 Å². The fourth-order valence-electron chi connectivity index (χ4n) is 8.98. The lowest BCUT2D eigenvalue weighted by Gasteiger charge is -2.15.